The molecule has 0 unspecified atom stereocenters. The second kappa shape index (κ2) is 3.75. The van der Waals surface area contributed by atoms with Crippen LogP contribution in [-0.2, 0) is 0 Å². The SMILES string of the molecule is CN1CCCCN(C(C)(C)C)C1. The molecule has 0 aromatic carbocycles. The van der Waals surface area contributed by atoms with Gasteiger partial charge < -0.3 is 0 Å². The summed E-state index contributed by atoms with van der Waals surface area (Å²) in [5.41, 5.74) is 0.332. The smallest absolute Gasteiger partial charge is 0.0508 e. The number of rotatable bonds is 0. The van der Waals surface area contributed by atoms with Crippen LogP contribution in [0.25, 0.3) is 0 Å². The fourth-order valence-electron chi connectivity index (χ4n) is 1.66. The van der Waals surface area contributed by atoms with Gasteiger partial charge in [0.1, 0.15) is 0 Å². The molecule has 1 fully saturated rings. The van der Waals surface area contributed by atoms with E-state index in [1.165, 1.54) is 25.9 Å². The zero-order valence-electron chi connectivity index (χ0n) is 8.93. The first-order valence-corrected chi connectivity index (χ1v) is 4.94. The fourth-order valence-corrected chi connectivity index (χ4v) is 1.66. The molecule has 0 radical (unpaired) electrons. The van der Waals surface area contributed by atoms with Crippen molar-refractivity contribution in [1.82, 2.24) is 9.80 Å². The van der Waals surface area contributed by atoms with Crippen LogP contribution in [0.2, 0.25) is 0 Å². The van der Waals surface area contributed by atoms with Crippen molar-refractivity contribution in [2.75, 3.05) is 26.8 Å². The molecule has 0 saturated carbocycles. The Balaban J connectivity index is 2.52. The standard InChI is InChI=1S/C10H22N2/c1-10(2,3)12-8-6-5-7-11(4)9-12/h5-9H2,1-4H3. The summed E-state index contributed by atoms with van der Waals surface area (Å²) in [6, 6.07) is 0. The van der Waals surface area contributed by atoms with E-state index in [-0.39, 0.29) is 0 Å². The van der Waals surface area contributed by atoms with Crippen molar-refractivity contribution in [3.63, 3.8) is 0 Å². The van der Waals surface area contributed by atoms with Crippen molar-refractivity contribution in [2.24, 2.45) is 0 Å². The van der Waals surface area contributed by atoms with Gasteiger partial charge in [0.25, 0.3) is 0 Å². The fraction of sp³-hybridized carbons (Fsp3) is 1.00. The summed E-state index contributed by atoms with van der Waals surface area (Å²) in [7, 11) is 2.21. The molecule has 0 N–H and O–H groups in total. The summed E-state index contributed by atoms with van der Waals surface area (Å²) in [4.78, 5) is 4.97. The van der Waals surface area contributed by atoms with Gasteiger partial charge in [0, 0.05) is 5.54 Å². The lowest BCUT2D eigenvalue weighted by Crippen LogP contribution is -2.45. The topological polar surface area (TPSA) is 6.48 Å². The largest absolute Gasteiger partial charge is 0.294 e. The van der Waals surface area contributed by atoms with E-state index in [4.69, 9.17) is 0 Å². The lowest BCUT2D eigenvalue weighted by molar-refractivity contribution is 0.0862. The first kappa shape index (κ1) is 10.0. The third-order valence-electron chi connectivity index (χ3n) is 2.58. The molecule has 0 aromatic heterocycles. The zero-order chi connectivity index (χ0) is 9.19. The van der Waals surface area contributed by atoms with Crippen LogP contribution < -0.4 is 0 Å². The lowest BCUT2D eigenvalue weighted by atomic mass is 10.1. The van der Waals surface area contributed by atoms with E-state index in [0.29, 0.717) is 5.54 Å². The van der Waals surface area contributed by atoms with Gasteiger partial charge in [0.15, 0.2) is 0 Å². The molecule has 1 saturated heterocycles. The van der Waals surface area contributed by atoms with Gasteiger partial charge in [-0.1, -0.05) is 0 Å². The first-order valence-electron chi connectivity index (χ1n) is 4.94. The summed E-state index contributed by atoms with van der Waals surface area (Å²) < 4.78 is 0. The maximum Gasteiger partial charge on any atom is 0.0508 e. The molecule has 12 heavy (non-hydrogen) atoms. The highest BCUT2D eigenvalue weighted by Gasteiger charge is 2.23. The Kier molecular flexibility index (Phi) is 3.13. The predicted octanol–water partition coefficient (Wildman–Crippen LogP) is 1.77. The minimum atomic E-state index is 0.332. The molecule has 0 aliphatic carbocycles. The van der Waals surface area contributed by atoms with Crippen molar-refractivity contribution in [3.05, 3.63) is 0 Å². The Hall–Kier alpha value is -0.0800. The zero-order valence-corrected chi connectivity index (χ0v) is 8.93. The Labute approximate surface area is 76.5 Å². The van der Waals surface area contributed by atoms with Crippen LogP contribution in [0, 0.1) is 0 Å². The molecular formula is C10H22N2. The van der Waals surface area contributed by atoms with Crippen LogP contribution in [0.1, 0.15) is 33.6 Å². The van der Waals surface area contributed by atoms with Crippen LogP contribution in [-0.4, -0.2) is 42.1 Å². The second-order valence-electron chi connectivity index (χ2n) is 4.86. The summed E-state index contributed by atoms with van der Waals surface area (Å²) in [5, 5.41) is 0. The molecule has 1 aliphatic heterocycles. The van der Waals surface area contributed by atoms with Crippen LogP contribution in [0.5, 0.6) is 0 Å². The Bertz CT molecular complexity index is 137. The van der Waals surface area contributed by atoms with E-state index in [1.54, 1.807) is 0 Å². The van der Waals surface area contributed by atoms with Crippen molar-refractivity contribution in [1.29, 1.82) is 0 Å². The third-order valence-corrected chi connectivity index (χ3v) is 2.58. The van der Waals surface area contributed by atoms with Gasteiger partial charge in [-0.3, -0.25) is 9.80 Å². The molecule has 2 heteroatoms. The highest BCUT2D eigenvalue weighted by Crippen LogP contribution is 2.16. The van der Waals surface area contributed by atoms with Crippen LogP contribution >= 0.6 is 0 Å². The van der Waals surface area contributed by atoms with Crippen molar-refractivity contribution in [3.8, 4) is 0 Å². The molecule has 0 spiro atoms. The molecule has 1 aliphatic rings. The highest BCUT2D eigenvalue weighted by atomic mass is 15.3. The molecule has 0 atom stereocenters. The second-order valence-corrected chi connectivity index (χ2v) is 4.86. The summed E-state index contributed by atoms with van der Waals surface area (Å²) >= 11 is 0. The van der Waals surface area contributed by atoms with Gasteiger partial charge in [-0.2, -0.15) is 0 Å². The molecular weight excluding hydrogens is 148 g/mol. The Morgan fingerprint density at radius 2 is 1.58 bits per heavy atom. The Morgan fingerprint density at radius 3 is 2.17 bits per heavy atom. The normalized spacial score (nSPS) is 24.0. The highest BCUT2D eigenvalue weighted by molar-refractivity contribution is 4.77. The van der Waals surface area contributed by atoms with E-state index in [9.17, 15) is 0 Å². The predicted molar refractivity (Wildman–Crippen MR) is 53.2 cm³/mol. The maximum atomic E-state index is 2.56. The third kappa shape index (κ3) is 2.76. The van der Waals surface area contributed by atoms with Gasteiger partial charge in [0.2, 0.25) is 0 Å². The number of nitrogens with zero attached hydrogens (tertiary/aromatic N) is 2. The van der Waals surface area contributed by atoms with Crippen LogP contribution in [0.15, 0.2) is 0 Å². The average molecular weight is 170 g/mol. The molecule has 1 rings (SSSR count). The molecule has 0 aromatic rings. The van der Waals surface area contributed by atoms with Gasteiger partial charge in [0.05, 0.1) is 6.67 Å². The van der Waals surface area contributed by atoms with E-state index < -0.39 is 0 Å². The molecule has 0 amide bonds. The lowest BCUT2D eigenvalue weighted by Gasteiger charge is -2.36. The quantitative estimate of drug-likeness (QED) is 0.546. The van der Waals surface area contributed by atoms with Crippen LogP contribution in [0.4, 0.5) is 0 Å². The molecule has 72 valence electrons. The van der Waals surface area contributed by atoms with Gasteiger partial charge in [-0.05, 0) is 53.8 Å². The molecule has 0 bridgehead atoms. The maximum absolute atomic E-state index is 2.56. The van der Waals surface area contributed by atoms with E-state index in [0.717, 1.165) is 6.67 Å². The van der Waals surface area contributed by atoms with Crippen LogP contribution in [0.3, 0.4) is 0 Å². The van der Waals surface area contributed by atoms with Crippen molar-refractivity contribution >= 4 is 0 Å². The average Bonchev–Trinajstić information content (AvgIpc) is 2.11. The molecule has 1 heterocycles. The van der Waals surface area contributed by atoms with Gasteiger partial charge in [-0.15, -0.1) is 0 Å². The Morgan fingerprint density at radius 1 is 1.00 bits per heavy atom. The summed E-state index contributed by atoms with van der Waals surface area (Å²) in [5.74, 6) is 0. The molecule has 2 nitrogen and oxygen atoms in total. The minimum Gasteiger partial charge on any atom is -0.294 e. The van der Waals surface area contributed by atoms with E-state index in [2.05, 4.69) is 37.6 Å². The minimum absolute atomic E-state index is 0.332. The van der Waals surface area contributed by atoms with Crippen molar-refractivity contribution < 1.29 is 0 Å². The number of hydrogen-bond acceptors (Lipinski definition) is 2. The van der Waals surface area contributed by atoms with Gasteiger partial charge in [-0.25, -0.2) is 0 Å². The summed E-state index contributed by atoms with van der Waals surface area (Å²) in [6.07, 6.45) is 2.70. The number of hydrogen-bond donors (Lipinski definition) is 0. The van der Waals surface area contributed by atoms with Gasteiger partial charge >= 0.3 is 0 Å². The first-order chi connectivity index (χ1) is 5.50. The van der Waals surface area contributed by atoms with E-state index in [1.807, 2.05) is 0 Å². The summed E-state index contributed by atoms with van der Waals surface area (Å²) in [6.45, 7) is 10.5. The van der Waals surface area contributed by atoms with E-state index >= 15 is 0 Å². The monoisotopic (exact) mass is 170 g/mol. The van der Waals surface area contributed by atoms with Crippen molar-refractivity contribution in [2.45, 2.75) is 39.2 Å².